The Hall–Kier alpha value is -2.23. The van der Waals surface area contributed by atoms with E-state index in [1.807, 2.05) is 0 Å². The molecule has 1 heterocycles. The highest BCUT2D eigenvalue weighted by Gasteiger charge is 2.08. The maximum Gasteiger partial charge on any atom is 0.153 e. The number of phenols is 1. The van der Waals surface area contributed by atoms with E-state index in [0.717, 1.165) is 0 Å². The van der Waals surface area contributed by atoms with Gasteiger partial charge in [0.2, 0.25) is 0 Å². The molecule has 1 aromatic heterocycles. The summed E-state index contributed by atoms with van der Waals surface area (Å²) in [5.41, 5.74) is 1.37. The Labute approximate surface area is 86.2 Å². The van der Waals surface area contributed by atoms with Gasteiger partial charge in [0.1, 0.15) is 12.1 Å². The van der Waals surface area contributed by atoms with Crippen LogP contribution in [0.4, 0.5) is 0 Å². The molecule has 0 unspecified atom stereocenters. The molecule has 0 atom stereocenters. The molecule has 0 aliphatic rings. The van der Waals surface area contributed by atoms with Crippen molar-refractivity contribution in [2.75, 3.05) is 0 Å². The van der Waals surface area contributed by atoms with Gasteiger partial charge in [0.15, 0.2) is 6.29 Å². The van der Waals surface area contributed by atoms with Gasteiger partial charge in [0, 0.05) is 11.8 Å². The smallest absolute Gasteiger partial charge is 0.153 e. The summed E-state index contributed by atoms with van der Waals surface area (Å²) in [6, 6.07) is 6.61. The van der Waals surface area contributed by atoms with Gasteiger partial charge in [-0.1, -0.05) is 6.07 Å². The van der Waals surface area contributed by atoms with Crippen molar-refractivity contribution in [3.63, 3.8) is 0 Å². The molecule has 0 aliphatic heterocycles. The molecule has 1 N–H and O–H groups in total. The van der Waals surface area contributed by atoms with E-state index in [1.54, 1.807) is 30.5 Å². The van der Waals surface area contributed by atoms with Gasteiger partial charge < -0.3 is 5.11 Å². The van der Waals surface area contributed by atoms with E-state index in [1.165, 1.54) is 6.33 Å². The number of benzene rings is 1. The molecule has 74 valence electrons. The van der Waals surface area contributed by atoms with Crippen LogP contribution in [-0.4, -0.2) is 21.4 Å². The summed E-state index contributed by atoms with van der Waals surface area (Å²) in [5.74, 6) is -0.0498. The van der Waals surface area contributed by atoms with Gasteiger partial charge in [0.05, 0.1) is 11.3 Å². The molecule has 0 saturated heterocycles. The van der Waals surface area contributed by atoms with Gasteiger partial charge in [-0.05, 0) is 18.2 Å². The van der Waals surface area contributed by atoms with Crippen LogP contribution in [-0.2, 0) is 0 Å². The molecule has 0 aliphatic carbocycles. The van der Waals surface area contributed by atoms with Crippen molar-refractivity contribution in [3.8, 4) is 17.0 Å². The third-order valence-corrected chi connectivity index (χ3v) is 2.05. The normalized spacial score (nSPS) is 9.87. The summed E-state index contributed by atoms with van der Waals surface area (Å²) in [5, 5.41) is 9.75. The summed E-state index contributed by atoms with van der Waals surface area (Å²) < 4.78 is 0. The minimum absolute atomic E-state index is 0.0498. The fraction of sp³-hybridized carbons (Fsp3) is 0. The van der Waals surface area contributed by atoms with Crippen LogP contribution < -0.4 is 0 Å². The number of carbonyl (C=O) groups is 1. The van der Waals surface area contributed by atoms with E-state index in [0.29, 0.717) is 17.5 Å². The fourth-order valence-corrected chi connectivity index (χ4v) is 1.31. The standard InChI is InChI=1S/C11H8N2O2/c14-6-8-2-1-3-9(11(8)15)10-4-5-12-7-13-10/h1-7,15H. The summed E-state index contributed by atoms with van der Waals surface area (Å²) in [6.07, 6.45) is 3.58. The van der Waals surface area contributed by atoms with Gasteiger partial charge in [-0.3, -0.25) is 4.79 Å². The molecule has 0 radical (unpaired) electrons. The van der Waals surface area contributed by atoms with Crippen LogP contribution in [0, 0.1) is 0 Å². The molecule has 0 saturated carbocycles. The van der Waals surface area contributed by atoms with Crippen LogP contribution in [0.1, 0.15) is 10.4 Å². The van der Waals surface area contributed by atoms with Gasteiger partial charge in [-0.25, -0.2) is 9.97 Å². The second-order valence-electron chi connectivity index (χ2n) is 2.96. The molecular formula is C11H8N2O2. The second-order valence-corrected chi connectivity index (χ2v) is 2.96. The van der Waals surface area contributed by atoms with Crippen LogP contribution in [0.25, 0.3) is 11.3 Å². The first kappa shape index (κ1) is 9.33. The van der Waals surface area contributed by atoms with Crippen molar-refractivity contribution in [1.29, 1.82) is 0 Å². The lowest BCUT2D eigenvalue weighted by molar-refractivity contribution is 0.112. The van der Waals surface area contributed by atoms with Gasteiger partial charge in [-0.15, -0.1) is 0 Å². The third kappa shape index (κ3) is 1.69. The number of aromatic nitrogens is 2. The van der Waals surface area contributed by atoms with Gasteiger partial charge >= 0.3 is 0 Å². The summed E-state index contributed by atoms with van der Waals surface area (Å²) in [7, 11) is 0. The van der Waals surface area contributed by atoms with Gasteiger partial charge in [0.25, 0.3) is 0 Å². The molecule has 4 heteroatoms. The number of rotatable bonds is 2. The van der Waals surface area contributed by atoms with E-state index in [-0.39, 0.29) is 11.3 Å². The van der Waals surface area contributed by atoms with Crippen molar-refractivity contribution >= 4 is 6.29 Å². The number of aromatic hydroxyl groups is 1. The predicted octanol–water partition coefficient (Wildman–Crippen LogP) is 1.66. The van der Waals surface area contributed by atoms with Crippen molar-refractivity contribution in [2.24, 2.45) is 0 Å². The van der Waals surface area contributed by atoms with Crippen molar-refractivity contribution in [1.82, 2.24) is 9.97 Å². The summed E-state index contributed by atoms with van der Waals surface area (Å²) >= 11 is 0. The highest BCUT2D eigenvalue weighted by Crippen LogP contribution is 2.29. The Balaban J connectivity index is 2.59. The van der Waals surface area contributed by atoms with E-state index in [2.05, 4.69) is 9.97 Å². The molecular weight excluding hydrogens is 192 g/mol. The van der Waals surface area contributed by atoms with Crippen LogP contribution in [0.5, 0.6) is 5.75 Å². The number of hydrogen-bond acceptors (Lipinski definition) is 4. The first-order chi connectivity index (χ1) is 7.33. The molecule has 0 bridgehead atoms. The molecule has 15 heavy (non-hydrogen) atoms. The average Bonchev–Trinajstić information content (AvgIpc) is 2.30. The third-order valence-electron chi connectivity index (χ3n) is 2.05. The van der Waals surface area contributed by atoms with Crippen LogP contribution in [0.3, 0.4) is 0 Å². The molecule has 2 aromatic rings. The molecule has 0 amide bonds. The summed E-state index contributed by atoms with van der Waals surface area (Å²) in [4.78, 5) is 18.4. The Morgan fingerprint density at radius 1 is 1.27 bits per heavy atom. The zero-order valence-corrected chi connectivity index (χ0v) is 7.79. The summed E-state index contributed by atoms with van der Waals surface area (Å²) in [6.45, 7) is 0. The second kappa shape index (κ2) is 3.88. The highest BCUT2D eigenvalue weighted by atomic mass is 16.3. The first-order valence-corrected chi connectivity index (χ1v) is 4.36. The first-order valence-electron chi connectivity index (χ1n) is 4.36. The zero-order valence-electron chi connectivity index (χ0n) is 7.79. The Kier molecular flexibility index (Phi) is 2.41. The number of carbonyl (C=O) groups excluding carboxylic acids is 1. The lowest BCUT2D eigenvalue weighted by atomic mass is 10.1. The lowest BCUT2D eigenvalue weighted by Gasteiger charge is -2.04. The molecule has 1 aromatic carbocycles. The van der Waals surface area contributed by atoms with Crippen molar-refractivity contribution in [2.45, 2.75) is 0 Å². The number of phenolic OH excluding ortho intramolecular Hbond substituents is 1. The fourth-order valence-electron chi connectivity index (χ4n) is 1.31. The van der Waals surface area contributed by atoms with E-state index in [4.69, 9.17) is 0 Å². The number of hydrogen-bond donors (Lipinski definition) is 1. The molecule has 0 fully saturated rings. The Morgan fingerprint density at radius 2 is 2.13 bits per heavy atom. The molecule has 0 spiro atoms. The topological polar surface area (TPSA) is 63.1 Å². The van der Waals surface area contributed by atoms with E-state index < -0.39 is 0 Å². The van der Waals surface area contributed by atoms with E-state index in [9.17, 15) is 9.90 Å². The predicted molar refractivity (Wildman–Crippen MR) is 54.5 cm³/mol. The molecule has 4 nitrogen and oxygen atoms in total. The van der Waals surface area contributed by atoms with Crippen LogP contribution in [0.15, 0.2) is 36.8 Å². The Morgan fingerprint density at radius 3 is 2.80 bits per heavy atom. The van der Waals surface area contributed by atoms with Crippen molar-refractivity contribution in [3.05, 3.63) is 42.4 Å². The lowest BCUT2D eigenvalue weighted by Crippen LogP contribution is -1.88. The Bertz CT molecular complexity index is 483. The average molecular weight is 200 g/mol. The monoisotopic (exact) mass is 200 g/mol. The highest BCUT2D eigenvalue weighted by molar-refractivity contribution is 5.84. The van der Waals surface area contributed by atoms with E-state index >= 15 is 0 Å². The zero-order chi connectivity index (χ0) is 10.7. The molecule has 2 rings (SSSR count). The minimum atomic E-state index is -0.0498. The maximum absolute atomic E-state index is 10.6. The number of para-hydroxylation sites is 1. The van der Waals surface area contributed by atoms with Crippen LogP contribution in [0.2, 0.25) is 0 Å². The van der Waals surface area contributed by atoms with Crippen LogP contribution >= 0.6 is 0 Å². The largest absolute Gasteiger partial charge is 0.506 e. The van der Waals surface area contributed by atoms with Crippen molar-refractivity contribution < 1.29 is 9.90 Å². The maximum atomic E-state index is 10.6. The number of nitrogens with zero attached hydrogens (tertiary/aromatic N) is 2. The number of aldehydes is 1. The SMILES string of the molecule is O=Cc1cccc(-c2ccncn2)c1O. The quantitative estimate of drug-likeness (QED) is 0.749. The van der Waals surface area contributed by atoms with Gasteiger partial charge in [-0.2, -0.15) is 0 Å². The minimum Gasteiger partial charge on any atom is -0.506 e.